The van der Waals surface area contributed by atoms with Gasteiger partial charge in [-0.25, -0.2) is 9.78 Å². The van der Waals surface area contributed by atoms with E-state index in [9.17, 15) is 19.2 Å². The second kappa shape index (κ2) is 12.3. The van der Waals surface area contributed by atoms with E-state index in [1.165, 1.54) is 0 Å². The highest BCUT2D eigenvalue weighted by atomic mass is 79.9. The summed E-state index contributed by atoms with van der Waals surface area (Å²) in [6, 6.07) is 8.60. The van der Waals surface area contributed by atoms with Gasteiger partial charge < -0.3 is 14.2 Å². The van der Waals surface area contributed by atoms with Crippen LogP contribution < -0.4 is 26.0 Å². The van der Waals surface area contributed by atoms with Crippen LogP contribution in [0.1, 0.15) is 34.2 Å². The zero-order chi connectivity index (χ0) is 29.0. The lowest BCUT2D eigenvalue weighted by Gasteiger charge is -2.15. The molecule has 0 bridgehead atoms. The molecule has 0 unspecified atom stereocenters. The third kappa shape index (κ3) is 6.46. The van der Waals surface area contributed by atoms with E-state index in [0.717, 1.165) is 20.5 Å². The van der Waals surface area contributed by atoms with Crippen molar-refractivity contribution in [3.05, 3.63) is 83.5 Å². The maximum atomic E-state index is 12.9. The highest BCUT2D eigenvalue weighted by Crippen LogP contribution is 2.34. The van der Waals surface area contributed by atoms with Crippen LogP contribution in [0.25, 0.3) is 5.69 Å². The van der Waals surface area contributed by atoms with Crippen LogP contribution in [0.4, 0.5) is 5.13 Å². The van der Waals surface area contributed by atoms with Gasteiger partial charge in [-0.1, -0.05) is 0 Å². The summed E-state index contributed by atoms with van der Waals surface area (Å²) in [5.74, 6) is 0.475. The number of halogens is 1. The highest BCUT2D eigenvalue weighted by molar-refractivity contribution is 9.10. The van der Waals surface area contributed by atoms with E-state index in [1.807, 2.05) is 0 Å². The zero-order valence-electron chi connectivity index (χ0n) is 21.9. The Kier molecular flexibility index (Phi) is 8.80. The van der Waals surface area contributed by atoms with E-state index in [-0.39, 0.29) is 18.2 Å². The number of amides is 1. The first-order valence-corrected chi connectivity index (χ1v) is 13.5. The van der Waals surface area contributed by atoms with Gasteiger partial charge in [0.15, 0.2) is 5.13 Å². The number of aryl methyl sites for hydroxylation is 2. The number of ether oxygens (including phenoxy) is 3. The van der Waals surface area contributed by atoms with Crippen molar-refractivity contribution in [2.24, 2.45) is 0 Å². The van der Waals surface area contributed by atoms with E-state index >= 15 is 0 Å². The van der Waals surface area contributed by atoms with E-state index in [4.69, 9.17) is 14.2 Å². The molecule has 208 valence electrons. The fraction of sp³-hybridized carbons (Fsp3) is 0.231. The number of H-pyrrole nitrogens is 1. The zero-order valence-corrected chi connectivity index (χ0v) is 24.3. The highest BCUT2D eigenvalue weighted by Gasteiger charge is 2.19. The Labute approximate surface area is 240 Å². The molecule has 0 radical (unpaired) electrons. The minimum Gasteiger partial charge on any atom is -0.496 e. The Morgan fingerprint density at radius 1 is 1.15 bits per heavy atom. The molecule has 0 aliphatic rings. The fourth-order valence-corrected chi connectivity index (χ4v) is 4.95. The maximum Gasteiger partial charge on any atom is 0.349 e. The summed E-state index contributed by atoms with van der Waals surface area (Å²) < 4.78 is 17.9. The lowest BCUT2D eigenvalue weighted by Crippen LogP contribution is -2.37. The van der Waals surface area contributed by atoms with Gasteiger partial charge in [-0.15, -0.1) is 11.3 Å². The van der Waals surface area contributed by atoms with E-state index < -0.39 is 28.8 Å². The van der Waals surface area contributed by atoms with Crippen molar-refractivity contribution in [2.45, 2.75) is 27.2 Å². The summed E-state index contributed by atoms with van der Waals surface area (Å²) in [4.78, 5) is 55.9. The van der Waals surface area contributed by atoms with Gasteiger partial charge in [0, 0.05) is 5.38 Å². The van der Waals surface area contributed by atoms with Gasteiger partial charge in [-0.3, -0.25) is 24.7 Å². The van der Waals surface area contributed by atoms with Gasteiger partial charge in [0.2, 0.25) is 5.69 Å². The molecule has 0 atom stereocenters. The molecule has 0 saturated carbocycles. The molecule has 0 aliphatic heterocycles. The monoisotopic (exact) mass is 629 g/mol. The van der Waals surface area contributed by atoms with E-state index in [0.29, 0.717) is 39.8 Å². The Morgan fingerprint density at radius 3 is 2.52 bits per heavy atom. The lowest BCUT2D eigenvalue weighted by atomic mass is 10.1. The summed E-state index contributed by atoms with van der Waals surface area (Å²) in [6.07, 6.45) is -0.0575. The van der Waals surface area contributed by atoms with Gasteiger partial charge in [0.05, 0.1) is 36.0 Å². The molecule has 4 aromatic rings. The minimum absolute atomic E-state index is 0.0575. The molecule has 0 saturated heterocycles. The third-order valence-corrected chi connectivity index (χ3v) is 6.91. The first-order chi connectivity index (χ1) is 19.1. The standard InChI is InChI=1S/C26H24BrN5O7S/c1-5-38-20(33)10-15-12-40-25(28-15)29-23(34)21-24(35)30-26(36)32(31-21)16-8-13(2)22(14(3)9-16)39-17-6-7-19(37-4)18(27)11-17/h6-9,11-12H,5,10H2,1-4H3,(H,28,29,34)(H,30,35,36). The molecular formula is C26H24BrN5O7S. The summed E-state index contributed by atoms with van der Waals surface area (Å²) in [5, 5.41) is 8.26. The number of esters is 1. The number of aromatic nitrogens is 4. The van der Waals surface area contributed by atoms with Crippen molar-refractivity contribution in [3.63, 3.8) is 0 Å². The van der Waals surface area contributed by atoms with Crippen LogP contribution in [0, 0.1) is 13.8 Å². The number of anilines is 1. The van der Waals surface area contributed by atoms with Crippen molar-refractivity contribution in [2.75, 3.05) is 19.0 Å². The number of methoxy groups -OCH3 is 1. The van der Waals surface area contributed by atoms with Gasteiger partial charge in [0.25, 0.3) is 11.5 Å². The molecule has 0 fully saturated rings. The Hall–Kier alpha value is -4.30. The Balaban J connectivity index is 1.59. The molecule has 2 aromatic heterocycles. The van der Waals surface area contributed by atoms with Crippen LogP contribution in [0.15, 0.2) is 49.8 Å². The van der Waals surface area contributed by atoms with Crippen LogP contribution in [-0.2, 0) is 16.0 Å². The quantitative estimate of drug-likeness (QED) is 0.262. The smallest absolute Gasteiger partial charge is 0.349 e. The number of carbonyl (C=O) groups excluding carboxylic acids is 2. The number of nitrogens with one attached hydrogen (secondary N) is 2. The van der Waals surface area contributed by atoms with E-state index in [2.05, 4.69) is 36.3 Å². The molecule has 1 amide bonds. The number of hydrogen-bond donors (Lipinski definition) is 2. The molecule has 2 heterocycles. The molecule has 0 aliphatic carbocycles. The average Bonchev–Trinajstić information content (AvgIpc) is 3.32. The fourth-order valence-electron chi connectivity index (χ4n) is 3.72. The number of rotatable bonds is 9. The molecule has 2 N–H and O–H groups in total. The molecule has 12 nitrogen and oxygen atoms in total. The van der Waals surface area contributed by atoms with Gasteiger partial charge in [0.1, 0.15) is 17.2 Å². The Bertz CT molecular complexity index is 1690. The lowest BCUT2D eigenvalue weighted by molar-refractivity contribution is -0.142. The van der Waals surface area contributed by atoms with Crippen molar-refractivity contribution >= 4 is 44.3 Å². The van der Waals surface area contributed by atoms with Gasteiger partial charge >= 0.3 is 11.7 Å². The number of benzene rings is 2. The van der Waals surface area contributed by atoms with Crippen LogP contribution in [0.5, 0.6) is 17.2 Å². The molecule has 0 spiro atoms. The van der Waals surface area contributed by atoms with Crippen molar-refractivity contribution < 1.29 is 23.8 Å². The number of nitrogens with zero attached hydrogens (tertiary/aromatic N) is 3. The minimum atomic E-state index is -0.958. The number of hydrogen-bond acceptors (Lipinski definition) is 10. The second-order valence-corrected chi connectivity index (χ2v) is 10.1. The largest absolute Gasteiger partial charge is 0.496 e. The number of aromatic amines is 1. The third-order valence-electron chi connectivity index (χ3n) is 5.48. The average molecular weight is 630 g/mol. The van der Waals surface area contributed by atoms with Crippen LogP contribution in [-0.4, -0.2) is 45.3 Å². The van der Waals surface area contributed by atoms with Gasteiger partial charge in [-0.2, -0.15) is 9.78 Å². The SMILES string of the molecule is CCOC(=O)Cc1csc(NC(=O)c2nn(-c3cc(C)c(Oc4ccc(OC)c(Br)c4)c(C)c3)c(=O)[nH]c2=O)n1. The molecular weight excluding hydrogens is 606 g/mol. The predicted molar refractivity (Wildman–Crippen MR) is 151 cm³/mol. The molecule has 40 heavy (non-hydrogen) atoms. The van der Waals surface area contributed by atoms with Crippen LogP contribution in [0.3, 0.4) is 0 Å². The normalized spacial score (nSPS) is 10.7. The summed E-state index contributed by atoms with van der Waals surface area (Å²) in [5.41, 5.74) is -0.227. The predicted octanol–water partition coefficient (Wildman–Crippen LogP) is 3.92. The van der Waals surface area contributed by atoms with Crippen molar-refractivity contribution in [3.8, 4) is 22.9 Å². The van der Waals surface area contributed by atoms with Crippen molar-refractivity contribution in [1.82, 2.24) is 19.7 Å². The number of thiazole rings is 1. The number of carbonyl (C=O) groups is 2. The first-order valence-electron chi connectivity index (χ1n) is 11.9. The second-order valence-electron chi connectivity index (χ2n) is 8.41. The summed E-state index contributed by atoms with van der Waals surface area (Å²) in [7, 11) is 1.57. The van der Waals surface area contributed by atoms with Crippen molar-refractivity contribution in [1.29, 1.82) is 0 Å². The summed E-state index contributed by atoms with van der Waals surface area (Å²) >= 11 is 4.50. The van der Waals surface area contributed by atoms with Crippen LogP contribution >= 0.6 is 27.3 Å². The van der Waals surface area contributed by atoms with E-state index in [1.54, 1.807) is 63.6 Å². The molecule has 14 heteroatoms. The summed E-state index contributed by atoms with van der Waals surface area (Å²) in [6.45, 7) is 5.53. The van der Waals surface area contributed by atoms with Gasteiger partial charge in [-0.05, 0) is 78.2 Å². The first kappa shape index (κ1) is 28.7. The maximum absolute atomic E-state index is 12.9. The Morgan fingerprint density at radius 2 is 1.88 bits per heavy atom. The van der Waals surface area contributed by atoms with Crippen LogP contribution in [0.2, 0.25) is 0 Å². The molecule has 4 rings (SSSR count). The topological polar surface area (TPSA) is 154 Å². The molecule has 2 aromatic carbocycles.